The summed E-state index contributed by atoms with van der Waals surface area (Å²) in [5.74, 6) is -0.246. The van der Waals surface area contributed by atoms with E-state index >= 15 is 0 Å². The number of anilines is 1. The zero-order chi connectivity index (χ0) is 16.0. The van der Waals surface area contributed by atoms with Crippen molar-refractivity contribution in [3.63, 3.8) is 0 Å². The monoisotopic (exact) mass is 325 g/mol. The topological polar surface area (TPSA) is 92.2 Å². The molecule has 4 aromatic rings. The van der Waals surface area contributed by atoms with Crippen LogP contribution in [0.2, 0.25) is 0 Å². The van der Waals surface area contributed by atoms with Crippen LogP contribution in [0.1, 0.15) is 16.1 Å². The molecule has 1 aromatic carbocycles. The van der Waals surface area contributed by atoms with Crippen LogP contribution < -0.4 is 10.9 Å². The standard InChI is InChI=1S/C15H11N5O2S/c1-8-7-23-15-16-6-9(13(22)20(8)15)12(21)19-14-17-10-4-2-3-5-11(10)18-14/h2-7H,1H3,(H2,17,18,19,21). The number of nitrogens with zero attached hydrogens (tertiary/aromatic N) is 3. The molecule has 3 heterocycles. The Hall–Kier alpha value is -3.00. The molecule has 0 spiro atoms. The van der Waals surface area contributed by atoms with E-state index in [9.17, 15) is 9.59 Å². The highest BCUT2D eigenvalue weighted by Crippen LogP contribution is 2.14. The largest absolute Gasteiger partial charge is 0.324 e. The third-order valence-corrected chi connectivity index (χ3v) is 4.44. The zero-order valence-corrected chi connectivity index (χ0v) is 12.8. The van der Waals surface area contributed by atoms with Gasteiger partial charge in [0.25, 0.3) is 11.5 Å². The van der Waals surface area contributed by atoms with E-state index in [1.165, 1.54) is 21.9 Å². The smallest absolute Gasteiger partial charge is 0.271 e. The number of benzene rings is 1. The van der Waals surface area contributed by atoms with Crippen LogP contribution in [0.25, 0.3) is 16.0 Å². The number of aryl methyl sites for hydroxylation is 1. The Kier molecular flexibility index (Phi) is 2.98. The van der Waals surface area contributed by atoms with Gasteiger partial charge < -0.3 is 4.98 Å². The van der Waals surface area contributed by atoms with Crippen molar-refractivity contribution in [3.05, 3.63) is 57.5 Å². The Morgan fingerprint density at radius 1 is 1.35 bits per heavy atom. The predicted molar refractivity (Wildman–Crippen MR) is 88.1 cm³/mol. The lowest BCUT2D eigenvalue weighted by Gasteiger charge is -2.02. The number of aromatic amines is 1. The van der Waals surface area contributed by atoms with Crippen molar-refractivity contribution in [2.75, 3.05) is 5.32 Å². The number of imidazole rings is 1. The van der Waals surface area contributed by atoms with Crippen molar-refractivity contribution in [1.29, 1.82) is 0 Å². The first-order valence-electron chi connectivity index (χ1n) is 6.85. The first-order chi connectivity index (χ1) is 11.1. The van der Waals surface area contributed by atoms with Gasteiger partial charge in [0.15, 0.2) is 4.96 Å². The second-order valence-corrected chi connectivity index (χ2v) is 5.87. The molecule has 0 aliphatic heterocycles. The number of amides is 1. The number of H-pyrrole nitrogens is 1. The van der Waals surface area contributed by atoms with Crippen molar-refractivity contribution >= 4 is 39.2 Å². The molecule has 0 radical (unpaired) electrons. The Bertz CT molecular complexity index is 1070. The van der Waals surface area contributed by atoms with Crippen LogP contribution in [0.15, 0.2) is 40.6 Å². The maximum atomic E-state index is 12.5. The van der Waals surface area contributed by atoms with E-state index in [2.05, 4.69) is 20.3 Å². The lowest BCUT2D eigenvalue weighted by molar-refractivity contribution is 0.102. The minimum Gasteiger partial charge on any atom is -0.324 e. The summed E-state index contributed by atoms with van der Waals surface area (Å²) in [4.78, 5) is 36.8. The highest BCUT2D eigenvalue weighted by atomic mass is 32.1. The number of para-hydroxylation sites is 2. The summed E-state index contributed by atoms with van der Waals surface area (Å²) in [7, 11) is 0. The van der Waals surface area contributed by atoms with Gasteiger partial charge in [-0.25, -0.2) is 9.97 Å². The Morgan fingerprint density at radius 2 is 2.17 bits per heavy atom. The van der Waals surface area contributed by atoms with Crippen molar-refractivity contribution in [2.24, 2.45) is 0 Å². The molecule has 0 atom stereocenters. The van der Waals surface area contributed by atoms with Gasteiger partial charge in [0.05, 0.1) is 11.0 Å². The van der Waals surface area contributed by atoms with E-state index in [1.807, 2.05) is 29.6 Å². The molecule has 0 saturated carbocycles. The molecule has 2 N–H and O–H groups in total. The summed E-state index contributed by atoms with van der Waals surface area (Å²) >= 11 is 1.36. The number of hydrogen-bond donors (Lipinski definition) is 2. The highest BCUT2D eigenvalue weighted by molar-refractivity contribution is 7.15. The summed E-state index contributed by atoms with van der Waals surface area (Å²) in [5, 5.41) is 4.43. The van der Waals surface area contributed by atoms with Crippen molar-refractivity contribution < 1.29 is 4.79 Å². The average molecular weight is 325 g/mol. The van der Waals surface area contributed by atoms with E-state index in [0.717, 1.165) is 16.7 Å². The molecule has 0 bridgehead atoms. The van der Waals surface area contributed by atoms with Gasteiger partial charge >= 0.3 is 0 Å². The number of fused-ring (bicyclic) bond motifs is 2. The molecule has 23 heavy (non-hydrogen) atoms. The minimum atomic E-state index is -0.540. The lowest BCUT2D eigenvalue weighted by Crippen LogP contribution is -2.27. The van der Waals surface area contributed by atoms with Crippen LogP contribution in [-0.4, -0.2) is 25.3 Å². The molecule has 8 heteroatoms. The molecule has 7 nitrogen and oxygen atoms in total. The summed E-state index contributed by atoms with van der Waals surface area (Å²) in [6.45, 7) is 1.80. The van der Waals surface area contributed by atoms with E-state index in [0.29, 0.717) is 10.9 Å². The van der Waals surface area contributed by atoms with Crippen LogP contribution in [0, 0.1) is 6.92 Å². The highest BCUT2D eigenvalue weighted by Gasteiger charge is 2.16. The molecular weight excluding hydrogens is 314 g/mol. The number of aromatic nitrogens is 4. The molecule has 0 fully saturated rings. The van der Waals surface area contributed by atoms with Crippen LogP contribution in [-0.2, 0) is 0 Å². The van der Waals surface area contributed by atoms with Gasteiger partial charge in [0.1, 0.15) is 5.56 Å². The third-order valence-electron chi connectivity index (χ3n) is 3.48. The van der Waals surface area contributed by atoms with Gasteiger partial charge in [-0.05, 0) is 19.1 Å². The summed E-state index contributed by atoms with van der Waals surface area (Å²) in [6, 6.07) is 7.42. The SMILES string of the molecule is Cc1csc2ncc(C(=O)Nc3nc4ccccc4[nH]3)c(=O)n12. The van der Waals surface area contributed by atoms with Crippen LogP contribution >= 0.6 is 11.3 Å². The Labute approximate surface area is 133 Å². The van der Waals surface area contributed by atoms with Crippen LogP contribution in [0.4, 0.5) is 5.95 Å². The molecule has 1 amide bonds. The normalized spacial score (nSPS) is 11.2. The van der Waals surface area contributed by atoms with Gasteiger partial charge in [0, 0.05) is 17.3 Å². The van der Waals surface area contributed by atoms with Gasteiger partial charge in [-0.1, -0.05) is 12.1 Å². The molecule has 3 aromatic heterocycles. The number of carbonyl (C=O) groups excluding carboxylic acids is 1. The molecular formula is C15H11N5O2S. The maximum Gasteiger partial charge on any atom is 0.271 e. The van der Waals surface area contributed by atoms with Crippen molar-refractivity contribution in [1.82, 2.24) is 19.4 Å². The lowest BCUT2D eigenvalue weighted by atomic mass is 10.3. The fourth-order valence-corrected chi connectivity index (χ4v) is 3.19. The predicted octanol–water partition coefficient (Wildman–Crippen LogP) is 2.19. The number of nitrogens with one attached hydrogen (secondary N) is 2. The van der Waals surface area contributed by atoms with E-state index in [1.54, 1.807) is 6.92 Å². The molecule has 4 rings (SSSR count). The maximum absolute atomic E-state index is 12.5. The second kappa shape index (κ2) is 5.03. The third kappa shape index (κ3) is 2.20. The number of rotatable bonds is 2. The summed E-state index contributed by atoms with van der Waals surface area (Å²) in [6.07, 6.45) is 1.30. The summed E-state index contributed by atoms with van der Waals surface area (Å²) in [5.41, 5.74) is 1.89. The van der Waals surface area contributed by atoms with E-state index in [4.69, 9.17) is 0 Å². The van der Waals surface area contributed by atoms with E-state index in [-0.39, 0.29) is 11.1 Å². The van der Waals surface area contributed by atoms with Crippen molar-refractivity contribution in [2.45, 2.75) is 6.92 Å². The van der Waals surface area contributed by atoms with Gasteiger partial charge in [0.2, 0.25) is 5.95 Å². The number of hydrogen-bond acceptors (Lipinski definition) is 5. The molecule has 0 aliphatic carbocycles. The van der Waals surface area contributed by atoms with Crippen molar-refractivity contribution in [3.8, 4) is 0 Å². The fraction of sp³-hybridized carbons (Fsp3) is 0.0667. The molecule has 0 aliphatic rings. The second-order valence-electron chi connectivity index (χ2n) is 5.03. The Balaban J connectivity index is 1.73. The molecule has 114 valence electrons. The molecule has 0 unspecified atom stereocenters. The van der Waals surface area contributed by atoms with Crippen LogP contribution in [0.5, 0.6) is 0 Å². The van der Waals surface area contributed by atoms with Gasteiger partial charge in [-0.2, -0.15) is 0 Å². The fourth-order valence-electron chi connectivity index (χ4n) is 2.37. The van der Waals surface area contributed by atoms with Gasteiger partial charge in [-0.15, -0.1) is 11.3 Å². The first kappa shape index (κ1) is 13.6. The minimum absolute atomic E-state index is 0.0237. The number of carbonyl (C=O) groups is 1. The van der Waals surface area contributed by atoms with Crippen LogP contribution in [0.3, 0.4) is 0 Å². The molecule has 0 saturated heterocycles. The first-order valence-corrected chi connectivity index (χ1v) is 7.73. The number of thiazole rings is 1. The van der Waals surface area contributed by atoms with Gasteiger partial charge in [-0.3, -0.25) is 19.3 Å². The quantitative estimate of drug-likeness (QED) is 0.591. The Morgan fingerprint density at radius 3 is 3.00 bits per heavy atom. The summed E-state index contributed by atoms with van der Waals surface area (Å²) < 4.78 is 1.43. The van der Waals surface area contributed by atoms with E-state index < -0.39 is 5.91 Å². The average Bonchev–Trinajstić information content (AvgIpc) is 3.11. The zero-order valence-electron chi connectivity index (χ0n) is 12.0.